The molecule has 0 aliphatic heterocycles. The van der Waals surface area contributed by atoms with E-state index < -0.39 is 0 Å². The number of carbonyl (C=O) groups excluding carboxylic acids is 1. The first-order valence-corrected chi connectivity index (χ1v) is 4.54. The first-order chi connectivity index (χ1) is 5.81. The average molecular weight is 172 g/mol. The van der Waals surface area contributed by atoms with E-state index in [1.54, 1.807) is 6.92 Å². The highest BCUT2D eigenvalue weighted by Crippen LogP contribution is 1.91. The Morgan fingerprint density at radius 1 is 1.42 bits per heavy atom. The molecule has 1 radical (unpaired) electrons. The molecule has 1 N–H and O–H groups in total. The molecule has 12 heavy (non-hydrogen) atoms. The van der Waals surface area contributed by atoms with E-state index in [2.05, 4.69) is 12.2 Å². The molecule has 3 heteroatoms. The third-order valence-electron chi connectivity index (χ3n) is 1.43. The van der Waals surface area contributed by atoms with E-state index in [1.807, 2.05) is 0 Å². The van der Waals surface area contributed by atoms with Crippen molar-refractivity contribution in [2.45, 2.75) is 33.1 Å². The molecule has 0 rings (SSSR count). The van der Waals surface area contributed by atoms with Crippen molar-refractivity contribution < 1.29 is 9.53 Å². The van der Waals surface area contributed by atoms with Crippen molar-refractivity contribution in [1.82, 2.24) is 5.32 Å². The first kappa shape index (κ1) is 11.4. The maximum Gasteiger partial charge on any atom is 0.325 e. The molecule has 0 aliphatic rings. The Balaban J connectivity index is 3.03. The van der Waals surface area contributed by atoms with E-state index >= 15 is 0 Å². The Bertz CT molecular complexity index is 115. The number of carbonyl (C=O) groups is 1. The molecule has 0 fully saturated rings. The molecule has 0 saturated carbocycles. The minimum Gasteiger partial charge on any atom is -0.465 e. The predicted octanol–water partition coefficient (Wildman–Crippen LogP) is 1.49. The molecule has 0 unspecified atom stereocenters. The fraction of sp³-hybridized carbons (Fsp3) is 0.778. The van der Waals surface area contributed by atoms with E-state index in [1.165, 1.54) is 19.4 Å². The molecular weight excluding hydrogens is 154 g/mol. The second-order valence-electron chi connectivity index (χ2n) is 2.56. The second-order valence-corrected chi connectivity index (χ2v) is 2.56. The SMILES string of the molecule is CCCCCN[CH]C(=O)OCC. The van der Waals surface area contributed by atoms with Gasteiger partial charge in [0.2, 0.25) is 0 Å². The fourth-order valence-electron chi connectivity index (χ4n) is 0.816. The number of hydrogen-bond donors (Lipinski definition) is 1. The summed E-state index contributed by atoms with van der Waals surface area (Å²) in [6.07, 6.45) is 3.50. The van der Waals surface area contributed by atoms with Gasteiger partial charge in [-0.25, -0.2) is 0 Å². The highest BCUT2D eigenvalue weighted by Gasteiger charge is 1.99. The standard InChI is InChI=1S/C9H18NO2/c1-3-5-6-7-10-8-9(11)12-4-2/h8,10H,3-7H2,1-2H3. The van der Waals surface area contributed by atoms with Gasteiger partial charge in [-0.3, -0.25) is 4.79 Å². The Hall–Kier alpha value is -0.570. The lowest BCUT2D eigenvalue weighted by molar-refractivity contribution is -0.139. The van der Waals surface area contributed by atoms with E-state index in [4.69, 9.17) is 4.74 Å². The van der Waals surface area contributed by atoms with Gasteiger partial charge in [-0.05, 0) is 19.9 Å². The molecule has 0 amide bonds. The zero-order valence-corrected chi connectivity index (χ0v) is 7.93. The van der Waals surface area contributed by atoms with Gasteiger partial charge in [0.1, 0.15) is 6.54 Å². The van der Waals surface area contributed by atoms with Crippen LogP contribution in [-0.4, -0.2) is 19.1 Å². The van der Waals surface area contributed by atoms with E-state index in [0.717, 1.165) is 13.0 Å². The Labute approximate surface area is 74.5 Å². The monoisotopic (exact) mass is 172 g/mol. The lowest BCUT2D eigenvalue weighted by atomic mass is 10.2. The van der Waals surface area contributed by atoms with Gasteiger partial charge in [-0.15, -0.1) is 0 Å². The third kappa shape index (κ3) is 7.54. The Morgan fingerprint density at radius 3 is 2.75 bits per heavy atom. The molecule has 0 aliphatic carbocycles. The van der Waals surface area contributed by atoms with Crippen LogP contribution in [0.15, 0.2) is 0 Å². The van der Waals surface area contributed by atoms with Gasteiger partial charge in [0.25, 0.3) is 0 Å². The minimum atomic E-state index is -0.283. The normalized spacial score (nSPS) is 9.83. The maximum atomic E-state index is 10.7. The van der Waals surface area contributed by atoms with Crippen LogP contribution in [0.25, 0.3) is 0 Å². The van der Waals surface area contributed by atoms with Crippen LogP contribution in [0.5, 0.6) is 0 Å². The summed E-state index contributed by atoms with van der Waals surface area (Å²) in [5.74, 6) is -0.283. The van der Waals surface area contributed by atoms with Crippen molar-refractivity contribution in [3.63, 3.8) is 0 Å². The van der Waals surface area contributed by atoms with Gasteiger partial charge in [0.05, 0.1) is 6.61 Å². The quantitative estimate of drug-likeness (QED) is 0.467. The van der Waals surface area contributed by atoms with E-state index in [-0.39, 0.29) is 5.97 Å². The summed E-state index contributed by atoms with van der Waals surface area (Å²) in [4.78, 5) is 10.7. The molecular formula is C9H18NO2. The molecule has 0 aromatic carbocycles. The van der Waals surface area contributed by atoms with Crippen molar-refractivity contribution in [3.05, 3.63) is 6.54 Å². The number of hydrogen-bond acceptors (Lipinski definition) is 3. The highest BCUT2D eigenvalue weighted by atomic mass is 16.5. The predicted molar refractivity (Wildman–Crippen MR) is 48.5 cm³/mol. The van der Waals surface area contributed by atoms with Crippen LogP contribution in [0, 0.1) is 6.54 Å². The van der Waals surface area contributed by atoms with Crippen molar-refractivity contribution in [3.8, 4) is 0 Å². The van der Waals surface area contributed by atoms with Crippen LogP contribution in [0.1, 0.15) is 33.1 Å². The lowest BCUT2D eigenvalue weighted by Gasteiger charge is -2.02. The first-order valence-electron chi connectivity index (χ1n) is 4.54. The molecule has 0 bridgehead atoms. The van der Waals surface area contributed by atoms with Gasteiger partial charge in [0.15, 0.2) is 0 Å². The molecule has 3 nitrogen and oxygen atoms in total. The number of unbranched alkanes of at least 4 members (excludes halogenated alkanes) is 2. The molecule has 0 heterocycles. The number of rotatable bonds is 7. The maximum absolute atomic E-state index is 10.7. The zero-order valence-electron chi connectivity index (χ0n) is 7.93. The average Bonchev–Trinajstić information content (AvgIpc) is 2.05. The van der Waals surface area contributed by atoms with Crippen LogP contribution in [0.2, 0.25) is 0 Å². The number of esters is 1. The van der Waals surface area contributed by atoms with Gasteiger partial charge < -0.3 is 10.1 Å². The molecule has 71 valence electrons. The van der Waals surface area contributed by atoms with Crippen molar-refractivity contribution >= 4 is 5.97 Å². The molecule has 0 aromatic rings. The fourth-order valence-corrected chi connectivity index (χ4v) is 0.816. The third-order valence-corrected chi connectivity index (χ3v) is 1.43. The summed E-state index contributed by atoms with van der Waals surface area (Å²) < 4.78 is 4.69. The zero-order chi connectivity index (χ0) is 9.23. The van der Waals surface area contributed by atoms with Gasteiger partial charge in [-0.2, -0.15) is 0 Å². The number of nitrogens with one attached hydrogen (secondary N) is 1. The summed E-state index contributed by atoms with van der Waals surface area (Å²) in [6.45, 7) is 6.62. The molecule has 0 atom stereocenters. The second kappa shape index (κ2) is 8.53. The molecule has 0 aromatic heterocycles. The topological polar surface area (TPSA) is 38.3 Å². The van der Waals surface area contributed by atoms with E-state index in [0.29, 0.717) is 6.61 Å². The van der Waals surface area contributed by atoms with Crippen molar-refractivity contribution in [2.24, 2.45) is 0 Å². The lowest BCUT2D eigenvalue weighted by Crippen LogP contribution is -2.19. The van der Waals surface area contributed by atoms with Gasteiger partial charge in [0, 0.05) is 0 Å². The Morgan fingerprint density at radius 2 is 2.17 bits per heavy atom. The smallest absolute Gasteiger partial charge is 0.325 e. The van der Waals surface area contributed by atoms with Crippen molar-refractivity contribution in [1.29, 1.82) is 0 Å². The summed E-state index contributed by atoms with van der Waals surface area (Å²) in [5.41, 5.74) is 0. The Kier molecular flexibility index (Phi) is 8.12. The summed E-state index contributed by atoms with van der Waals surface area (Å²) in [6, 6.07) is 0. The van der Waals surface area contributed by atoms with Crippen LogP contribution in [0.4, 0.5) is 0 Å². The summed E-state index contributed by atoms with van der Waals surface area (Å²) >= 11 is 0. The van der Waals surface area contributed by atoms with E-state index in [9.17, 15) is 4.79 Å². The van der Waals surface area contributed by atoms with Crippen LogP contribution in [-0.2, 0) is 9.53 Å². The molecule has 0 saturated heterocycles. The van der Waals surface area contributed by atoms with Gasteiger partial charge >= 0.3 is 5.97 Å². The largest absolute Gasteiger partial charge is 0.465 e. The van der Waals surface area contributed by atoms with Gasteiger partial charge in [-0.1, -0.05) is 19.8 Å². The number of ether oxygens (including phenoxy) is 1. The summed E-state index contributed by atoms with van der Waals surface area (Å²) in [7, 11) is 0. The van der Waals surface area contributed by atoms with Crippen LogP contribution in [0.3, 0.4) is 0 Å². The van der Waals surface area contributed by atoms with Crippen LogP contribution >= 0.6 is 0 Å². The van der Waals surface area contributed by atoms with Crippen LogP contribution < -0.4 is 5.32 Å². The van der Waals surface area contributed by atoms with Crippen molar-refractivity contribution in [2.75, 3.05) is 13.2 Å². The highest BCUT2D eigenvalue weighted by molar-refractivity contribution is 5.78. The summed E-state index contributed by atoms with van der Waals surface area (Å²) in [5, 5.41) is 2.91. The minimum absolute atomic E-state index is 0.283. The molecule has 0 spiro atoms.